The zero-order valence-electron chi connectivity index (χ0n) is 20.7. The molecule has 0 aliphatic heterocycles. The summed E-state index contributed by atoms with van der Waals surface area (Å²) in [4.78, 5) is 10.3. The van der Waals surface area contributed by atoms with Gasteiger partial charge < -0.3 is 10.5 Å². The van der Waals surface area contributed by atoms with E-state index in [0.717, 1.165) is 32.1 Å². The normalized spacial score (nSPS) is 12.8. The molecule has 0 heterocycles. The van der Waals surface area contributed by atoms with Crippen molar-refractivity contribution in [2.24, 2.45) is 5.92 Å². The Labute approximate surface area is 240 Å². The van der Waals surface area contributed by atoms with E-state index in [-0.39, 0.29) is 21.3 Å². The van der Waals surface area contributed by atoms with Gasteiger partial charge in [0.2, 0.25) is 0 Å². The van der Waals surface area contributed by atoms with Crippen LogP contribution >= 0.6 is 18.6 Å². The molecular weight excluding hydrogens is 549 g/mol. The summed E-state index contributed by atoms with van der Waals surface area (Å²) in [6, 6.07) is 39.4. The number of benzene rings is 4. The summed E-state index contributed by atoms with van der Waals surface area (Å²) in [6.07, 6.45) is 5.27. The van der Waals surface area contributed by atoms with Gasteiger partial charge in [0, 0.05) is 5.92 Å². The SMILES string of the molecule is [Cl][Ti][Cl].[NH-]C(=O)C1CCCC1.[c-]1cccc2c1Cc1ccccc1-2.c1ccc([SiH]c2ccccc2)cc1. The number of hydrogen-bond donors (Lipinski definition) is 0. The number of hydrogen-bond acceptors (Lipinski definition) is 1. The van der Waals surface area contributed by atoms with E-state index < -0.39 is 17.0 Å². The molecule has 0 saturated heterocycles. The van der Waals surface area contributed by atoms with Gasteiger partial charge in [-0.15, -0.1) is 5.56 Å². The molecule has 1 N–H and O–H groups in total. The summed E-state index contributed by atoms with van der Waals surface area (Å²) in [7, 11) is 10.0. The summed E-state index contributed by atoms with van der Waals surface area (Å²) in [5.74, 6) is -0.266. The van der Waals surface area contributed by atoms with Crippen molar-refractivity contribution in [1.29, 1.82) is 0 Å². The summed E-state index contributed by atoms with van der Waals surface area (Å²) in [5.41, 5.74) is 12.2. The van der Waals surface area contributed by atoms with Gasteiger partial charge in [0.25, 0.3) is 0 Å². The minimum Gasteiger partial charge on any atom is -0.668 e. The zero-order chi connectivity index (χ0) is 26.3. The van der Waals surface area contributed by atoms with Crippen LogP contribution in [0.3, 0.4) is 0 Å². The average Bonchev–Trinajstić information content (AvgIpc) is 3.60. The Bertz CT molecular complexity index is 1140. The third-order valence-electron chi connectivity index (χ3n) is 6.28. The summed E-state index contributed by atoms with van der Waals surface area (Å²) < 4.78 is 0. The molecule has 0 atom stereocenters. The topological polar surface area (TPSA) is 40.9 Å². The van der Waals surface area contributed by atoms with Gasteiger partial charge in [-0.25, -0.2) is 0 Å². The first-order valence-corrected chi connectivity index (χ1v) is 17.8. The van der Waals surface area contributed by atoms with E-state index >= 15 is 0 Å². The maximum Gasteiger partial charge on any atom is 0.103 e. The first-order chi connectivity index (χ1) is 18.1. The number of amides is 1. The molecule has 6 rings (SSSR count). The van der Waals surface area contributed by atoms with E-state index in [4.69, 9.17) is 24.3 Å². The molecule has 4 aromatic rings. The van der Waals surface area contributed by atoms with Crippen molar-refractivity contribution in [2.45, 2.75) is 32.1 Å². The number of nitrogens with one attached hydrogen (secondary N) is 1. The molecule has 0 unspecified atom stereocenters. The predicted octanol–water partition coefficient (Wildman–Crippen LogP) is 7.26. The second-order valence-corrected chi connectivity index (χ2v) is 13.0. The minimum absolute atomic E-state index is 0.0926. The van der Waals surface area contributed by atoms with E-state index in [1.54, 1.807) is 0 Å². The van der Waals surface area contributed by atoms with Crippen LogP contribution in [0.1, 0.15) is 36.8 Å². The molecular formula is C31H30Cl2NOSiTi-2. The summed E-state index contributed by atoms with van der Waals surface area (Å²) in [6.45, 7) is 0. The largest absolute Gasteiger partial charge is 0.668 e. The molecule has 0 aromatic heterocycles. The molecule has 0 bridgehead atoms. The Morgan fingerprint density at radius 3 is 1.84 bits per heavy atom. The molecule has 189 valence electrons. The van der Waals surface area contributed by atoms with Crippen LogP contribution in [0.5, 0.6) is 0 Å². The van der Waals surface area contributed by atoms with Gasteiger partial charge in [0.1, 0.15) is 9.52 Å². The Kier molecular flexibility index (Phi) is 13.2. The van der Waals surface area contributed by atoms with Gasteiger partial charge in [0.05, 0.1) is 5.91 Å². The van der Waals surface area contributed by atoms with Crippen LogP contribution in [0.2, 0.25) is 0 Å². The van der Waals surface area contributed by atoms with Crippen LogP contribution in [-0.4, -0.2) is 15.4 Å². The van der Waals surface area contributed by atoms with Crippen LogP contribution < -0.4 is 10.4 Å². The van der Waals surface area contributed by atoms with Crippen molar-refractivity contribution >= 4 is 44.4 Å². The second kappa shape index (κ2) is 16.7. The second-order valence-electron chi connectivity index (χ2n) is 8.78. The number of carbonyl (C=O) groups excluding carboxylic acids is 1. The molecule has 37 heavy (non-hydrogen) atoms. The Morgan fingerprint density at radius 1 is 0.784 bits per heavy atom. The van der Waals surface area contributed by atoms with Gasteiger partial charge >= 0.3 is 35.6 Å². The molecule has 1 radical (unpaired) electrons. The van der Waals surface area contributed by atoms with Crippen LogP contribution in [0.4, 0.5) is 0 Å². The smallest absolute Gasteiger partial charge is 0.103 e. The van der Waals surface area contributed by atoms with E-state index in [1.807, 2.05) is 6.07 Å². The minimum atomic E-state index is -0.556. The first kappa shape index (κ1) is 29.4. The van der Waals surface area contributed by atoms with Crippen LogP contribution in [0.15, 0.2) is 103 Å². The van der Waals surface area contributed by atoms with Gasteiger partial charge in [-0.3, -0.25) is 0 Å². The fourth-order valence-corrected chi connectivity index (χ4v) is 5.69. The first-order valence-electron chi connectivity index (χ1n) is 12.4. The predicted molar refractivity (Wildman–Crippen MR) is 156 cm³/mol. The molecule has 2 nitrogen and oxygen atoms in total. The van der Waals surface area contributed by atoms with Crippen LogP contribution in [0, 0.1) is 12.0 Å². The molecule has 2 aliphatic rings. The Balaban J connectivity index is 0.000000150. The molecule has 2 aliphatic carbocycles. The van der Waals surface area contributed by atoms with Crippen LogP contribution in [-0.2, 0) is 28.2 Å². The maximum atomic E-state index is 10.3. The molecule has 1 fully saturated rings. The van der Waals surface area contributed by atoms with Crippen molar-refractivity contribution in [3.63, 3.8) is 0 Å². The van der Waals surface area contributed by atoms with Crippen molar-refractivity contribution in [1.82, 2.24) is 0 Å². The molecule has 1 amide bonds. The Morgan fingerprint density at radius 2 is 1.30 bits per heavy atom. The van der Waals surface area contributed by atoms with E-state index in [9.17, 15) is 4.79 Å². The summed E-state index contributed by atoms with van der Waals surface area (Å²) >= 11 is -0.556. The number of rotatable bonds is 3. The van der Waals surface area contributed by atoms with Crippen molar-refractivity contribution in [2.75, 3.05) is 0 Å². The van der Waals surface area contributed by atoms with Crippen molar-refractivity contribution in [3.05, 3.63) is 126 Å². The van der Waals surface area contributed by atoms with Crippen molar-refractivity contribution < 1.29 is 21.8 Å². The number of fused-ring (bicyclic) bond motifs is 3. The van der Waals surface area contributed by atoms with Gasteiger partial charge in [-0.05, 0) is 19.3 Å². The fraction of sp³-hybridized carbons (Fsp3) is 0.194. The van der Waals surface area contributed by atoms with E-state index in [0.29, 0.717) is 0 Å². The van der Waals surface area contributed by atoms with Gasteiger partial charge in [0.15, 0.2) is 0 Å². The monoisotopic (exact) mass is 578 g/mol. The Hall–Kier alpha value is -2.14. The zero-order valence-corrected chi connectivity index (χ0v) is 24.9. The van der Waals surface area contributed by atoms with Gasteiger partial charge in [-0.2, -0.15) is 29.8 Å². The fourth-order valence-electron chi connectivity index (χ4n) is 4.48. The van der Waals surface area contributed by atoms with Crippen molar-refractivity contribution in [3.8, 4) is 11.1 Å². The third-order valence-corrected chi connectivity index (χ3v) is 7.71. The van der Waals surface area contributed by atoms with E-state index in [2.05, 4.69) is 103 Å². The third kappa shape index (κ3) is 9.92. The molecule has 1 saturated carbocycles. The average molecular weight is 579 g/mol. The maximum absolute atomic E-state index is 10.3. The van der Waals surface area contributed by atoms with E-state index in [1.165, 1.54) is 32.6 Å². The molecule has 6 heteroatoms. The molecule has 4 aromatic carbocycles. The number of halogens is 2. The van der Waals surface area contributed by atoms with Gasteiger partial charge in [-0.1, -0.05) is 119 Å². The quantitative estimate of drug-likeness (QED) is 0.164. The summed E-state index contributed by atoms with van der Waals surface area (Å²) in [5, 5.41) is 2.90. The molecule has 0 spiro atoms. The number of carbonyl (C=O) groups is 1. The standard InChI is InChI=1S/C13H9.C12H11Si.C6H11NO.2ClH.Ti/c1-3-7-12-10(5-1)9-11-6-2-4-8-13(11)12;1-3-7-11(8-4-1)13-12-9-5-2-6-10-12;7-6(8)5-3-1-2-4-5;;;/h1-5,7-8H,9H2;1-10,13H;5H,1-4H2,(H2,7,8);2*1H;/q-1;;;;;+2/p-3. The van der Waals surface area contributed by atoms with Crippen LogP contribution in [0.25, 0.3) is 16.9 Å².